The number of fused-ring (bicyclic) bond motifs is 1. The number of carbonyl (C=O) groups is 4. The molecule has 0 saturated carbocycles. The van der Waals surface area contributed by atoms with Crippen molar-refractivity contribution in [2.75, 3.05) is 55.6 Å². The number of carbonyl (C=O) groups excluding carboxylic acids is 4. The van der Waals surface area contributed by atoms with Gasteiger partial charge in [-0.05, 0) is 18.2 Å². The molecule has 238 valence electrons. The summed E-state index contributed by atoms with van der Waals surface area (Å²) in [6.45, 7) is 0.248. The number of hydrogen-bond acceptors (Lipinski definition) is 9. The second kappa shape index (κ2) is 13.1. The normalized spacial score (nSPS) is 16.3. The SMILES string of the molecule is O=C(NCC1CN(c2cc(F)c(N3CCN(C(=O)CNC(=O)c4cn5cccnc5n4)CC3)c(F)c2)C(=O)O1)Oc1ccccc1. The fourth-order valence-corrected chi connectivity index (χ4v) is 5.15. The summed E-state index contributed by atoms with van der Waals surface area (Å²) < 4.78 is 42.5. The zero-order chi connectivity index (χ0) is 32.2. The first-order chi connectivity index (χ1) is 22.2. The Morgan fingerprint density at radius 3 is 2.46 bits per heavy atom. The molecule has 2 fully saturated rings. The third-order valence-corrected chi connectivity index (χ3v) is 7.43. The second-order valence-corrected chi connectivity index (χ2v) is 10.5. The lowest BCUT2D eigenvalue weighted by atomic mass is 10.2. The summed E-state index contributed by atoms with van der Waals surface area (Å²) in [6.07, 6.45) is 2.42. The van der Waals surface area contributed by atoms with E-state index in [1.54, 1.807) is 53.2 Å². The minimum absolute atomic E-state index is 0.0379. The molecule has 16 heteroatoms. The van der Waals surface area contributed by atoms with Crippen molar-refractivity contribution < 1.29 is 37.4 Å². The monoisotopic (exact) mass is 634 g/mol. The number of nitrogens with zero attached hydrogens (tertiary/aromatic N) is 6. The molecule has 4 amide bonds. The number of halogens is 2. The van der Waals surface area contributed by atoms with Crippen LogP contribution in [0.15, 0.2) is 67.1 Å². The van der Waals surface area contributed by atoms with Crippen LogP contribution in [0.3, 0.4) is 0 Å². The highest BCUT2D eigenvalue weighted by molar-refractivity contribution is 5.95. The zero-order valence-corrected chi connectivity index (χ0v) is 24.3. The maximum absolute atomic E-state index is 15.3. The van der Waals surface area contributed by atoms with Crippen molar-refractivity contribution in [2.45, 2.75) is 6.10 Å². The molecule has 0 bridgehead atoms. The van der Waals surface area contributed by atoms with E-state index in [9.17, 15) is 19.2 Å². The van der Waals surface area contributed by atoms with Gasteiger partial charge >= 0.3 is 12.2 Å². The minimum Gasteiger partial charge on any atom is -0.442 e. The van der Waals surface area contributed by atoms with Crippen molar-refractivity contribution in [3.8, 4) is 5.75 Å². The molecule has 0 aliphatic carbocycles. The van der Waals surface area contributed by atoms with Gasteiger partial charge in [-0.15, -0.1) is 0 Å². The molecule has 1 unspecified atom stereocenters. The zero-order valence-electron chi connectivity index (χ0n) is 24.3. The van der Waals surface area contributed by atoms with Crippen molar-refractivity contribution in [1.82, 2.24) is 29.9 Å². The number of para-hydroxylation sites is 1. The Morgan fingerprint density at radius 1 is 1.00 bits per heavy atom. The van der Waals surface area contributed by atoms with E-state index >= 15 is 8.78 Å². The minimum atomic E-state index is -0.884. The molecule has 2 aromatic carbocycles. The summed E-state index contributed by atoms with van der Waals surface area (Å²) in [7, 11) is 0. The average molecular weight is 635 g/mol. The molecule has 46 heavy (non-hydrogen) atoms. The van der Waals surface area contributed by atoms with Crippen LogP contribution in [0.1, 0.15) is 10.5 Å². The Hall–Kier alpha value is -5.80. The van der Waals surface area contributed by atoms with Gasteiger partial charge in [0.1, 0.15) is 23.2 Å². The Morgan fingerprint density at radius 2 is 1.74 bits per heavy atom. The maximum atomic E-state index is 15.3. The van der Waals surface area contributed by atoms with Gasteiger partial charge in [0.05, 0.1) is 25.3 Å². The molecule has 4 aromatic rings. The predicted molar refractivity (Wildman–Crippen MR) is 159 cm³/mol. The summed E-state index contributed by atoms with van der Waals surface area (Å²) in [5, 5.41) is 5.05. The average Bonchev–Trinajstić information content (AvgIpc) is 3.66. The number of ether oxygens (including phenoxy) is 2. The summed E-state index contributed by atoms with van der Waals surface area (Å²) in [4.78, 5) is 61.9. The van der Waals surface area contributed by atoms with Gasteiger partial charge in [0, 0.05) is 56.9 Å². The van der Waals surface area contributed by atoms with Crippen molar-refractivity contribution >= 4 is 41.2 Å². The Balaban J connectivity index is 0.992. The van der Waals surface area contributed by atoms with Crippen LogP contribution in [0.25, 0.3) is 5.78 Å². The number of cyclic esters (lactones) is 1. The summed E-state index contributed by atoms with van der Waals surface area (Å²) in [5.74, 6) is -1.96. The van der Waals surface area contributed by atoms with Gasteiger partial charge in [0.15, 0.2) is 11.6 Å². The van der Waals surface area contributed by atoms with E-state index in [1.807, 2.05) is 0 Å². The number of piperazine rings is 1. The van der Waals surface area contributed by atoms with E-state index < -0.39 is 35.8 Å². The fraction of sp³-hybridized carbons (Fsp3) is 0.267. The predicted octanol–water partition coefficient (Wildman–Crippen LogP) is 2.20. The van der Waals surface area contributed by atoms with Crippen LogP contribution < -0.4 is 25.2 Å². The fourth-order valence-electron chi connectivity index (χ4n) is 5.15. The summed E-state index contributed by atoms with van der Waals surface area (Å²) in [6, 6.07) is 12.2. The number of aromatic nitrogens is 3. The lowest BCUT2D eigenvalue weighted by Gasteiger charge is -2.36. The van der Waals surface area contributed by atoms with Gasteiger partial charge in [-0.1, -0.05) is 18.2 Å². The van der Waals surface area contributed by atoms with Crippen LogP contribution in [0.2, 0.25) is 0 Å². The Kier molecular flexibility index (Phi) is 8.58. The van der Waals surface area contributed by atoms with E-state index in [0.29, 0.717) is 11.5 Å². The van der Waals surface area contributed by atoms with Gasteiger partial charge in [-0.2, -0.15) is 0 Å². The van der Waals surface area contributed by atoms with Gasteiger partial charge in [-0.3, -0.25) is 18.9 Å². The molecule has 14 nitrogen and oxygen atoms in total. The molecule has 2 N–H and O–H groups in total. The number of hydrogen-bond donors (Lipinski definition) is 2. The van der Waals surface area contributed by atoms with Gasteiger partial charge in [0.25, 0.3) is 5.91 Å². The highest BCUT2D eigenvalue weighted by Crippen LogP contribution is 2.31. The number of imidazole rings is 1. The largest absolute Gasteiger partial charge is 0.442 e. The highest BCUT2D eigenvalue weighted by Gasteiger charge is 2.34. The summed E-state index contributed by atoms with van der Waals surface area (Å²) in [5.41, 5.74) is -0.202. The maximum Gasteiger partial charge on any atom is 0.414 e. The van der Waals surface area contributed by atoms with Crippen LogP contribution in [-0.4, -0.2) is 95.2 Å². The molecule has 0 spiro atoms. The quantitative estimate of drug-likeness (QED) is 0.297. The van der Waals surface area contributed by atoms with Crippen molar-refractivity contribution in [1.29, 1.82) is 0 Å². The van der Waals surface area contributed by atoms with E-state index in [1.165, 1.54) is 16.0 Å². The number of benzene rings is 2. The number of nitrogens with one attached hydrogen (secondary N) is 2. The molecule has 0 radical (unpaired) electrons. The third-order valence-electron chi connectivity index (χ3n) is 7.43. The first-order valence-electron chi connectivity index (χ1n) is 14.3. The topological polar surface area (TPSA) is 151 Å². The van der Waals surface area contributed by atoms with Crippen LogP contribution in [-0.2, 0) is 9.53 Å². The third kappa shape index (κ3) is 6.64. The molecule has 2 saturated heterocycles. The van der Waals surface area contributed by atoms with Crippen LogP contribution in [0, 0.1) is 11.6 Å². The molecule has 2 aromatic heterocycles. The van der Waals surface area contributed by atoms with Crippen molar-refractivity contribution in [2.24, 2.45) is 0 Å². The van der Waals surface area contributed by atoms with Crippen molar-refractivity contribution in [3.63, 3.8) is 0 Å². The van der Waals surface area contributed by atoms with E-state index in [-0.39, 0.29) is 68.8 Å². The van der Waals surface area contributed by atoms with Gasteiger partial charge in [-0.25, -0.2) is 28.3 Å². The number of anilines is 2. The number of rotatable bonds is 8. The molecule has 6 rings (SSSR count). The first-order valence-corrected chi connectivity index (χ1v) is 14.3. The molecular weight excluding hydrogens is 606 g/mol. The highest BCUT2D eigenvalue weighted by atomic mass is 19.1. The van der Waals surface area contributed by atoms with Crippen LogP contribution in [0.5, 0.6) is 5.75 Å². The van der Waals surface area contributed by atoms with E-state index in [4.69, 9.17) is 9.47 Å². The lowest BCUT2D eigenvalue weighted by Crippen LogP contribution is -2.51. The molecule has 2 aliphatic heterocycles. The molecular formula is C30H28F2N8O6. The van der Waals surface area contributed by atoms with Crippen LogP contribution >= 0.6 is 0 Å². The molecule has 4 heterocycles. The molecule has 1 atom stereocenters. The number of amides is 4. The second-order valence-electron chi connectivity index (χ2n) is 10.5. The molecule has 2 aliphatic rings. The standard InChI is InChI=1S/C30H28F2N8O6/c31-22-13-19(40-17-21(46-30(40)44)15-35-29(43)45-20-5-2-1-3-6-20)14-23(32)26(22)38-11-9-37(10-12-38)25(41)16-34-27(42)24-18-39-8-4-7-33-28(39)36-24/h1-8,13-14,18,21H,9-12,15-17H2,(H,34,42)(H,35,43). The van der Waals surface area contributed by atoms with Crippen LogP contribution in [0.4, 0.5) is 29.7 Å². The van der Waals surface area contributed by atoms with Gasteiger partial charge < -0.3 is 29.9 Å². The van der Waals surface area contributed by atoms with Gasteiger partial charge in [0.2, 0.25) is 11.7 Å². The van der Waals surface area contributed by atoms with E-state index in [2.05, 4.69) is 20.6 Å². The summed E-state index contributed by atoms with van der Waals surface area (Å²) >= 11 is 0. The smallest absolute Gasteiger partial charge is 0.414 e. The first kappa shape index (κ1) is 30.2. The Bertz CT molecular complexity index is 1720. The lowest BCUT2D eigenvalue weighted by molar-refractivity contribution is -0.130. The van der Waals surface area contributed by atoms with Crippen molar-refractivity contribution in [3.05, 3.63) is 84.4 Å². The Labute approximate surface area is 260 Å². The van der Waals surface area contributed by atoms with E-state index in [0.717, 1.165) is 17.0 Å².